The average molecular weight is 789 g/mol. The molecule has 0 fully saturated rings. The van der Waals surface area contributed by atoms with Gasteiger partial charge in [-0.05, 0) is 171 Å². The van der Waals surface area contributed by atoms with E-state index in [-0.39, 0.29) is 0 Å². The van der Waals surface area contributed by atoms with Crippen molar-refractivity contribution in [1.82, 2.24) is 0 Å². The SMILES string of the molecule is C=C(C)c1cccc(-c2cc(C(/C=C\CC)=C/C)cc(-c3cc(-c4ccccc4)cc(-c4cc(-c5ccccc5)cc(-c5cccc(C)c5)c4)c3)c2)c1.CC.CC.COC. The molecule has 0 aliphatic rings. The van der Waals surface area contributed by atoms with E-state index in [1.165, 1.54) is 83.5 Å². The van der Waals surface area contributed by atoms with Gasteiger partial charge in [0.05, 0.1) is 0 Å². The first kappa shape index (κ1) is 46.4. The van der Waals surface area contributed by atoms with Gasteiger partial charge in [-0.1, -0.05) is 174 Å². The molecule has 0 amide bonds. The van der Waals surface area contributed by atoms with E-state index < -0.39 is 0 Å². The summed E-state index contributed by atoms with van der Waals surface area (Å²) < 4.78 is 4.25. The normalized spacial score (nSPS) is 10.7. The van der Waals surface area contributed by atoms with Crippen LogP contribution in [-0.4, -0.2) is 14.2 Å². The number of hydrogen-bond donors (Lipinski definition) is 0. The van der Waals surface area contributed by atoms with E-state index in [1.54, 1.807) is 14.2 Å². The van der Waals surface area contributed by atoms with E-state index in [9.17, 15) is 0 Å². The van der Waals surface area contributed by atoms with Gasteiger partial charge in [-0.25, -0.2) is 0 Å². The molecule has 0 N–H and O–H groups in total. The van der Waals surface area contributed by atoms with E-state index in [0.29, 0.717) is 0 Å². The third-order valence-electron chi connectivity index (χ3n) is 9.90. The number of allylic oxidation sites excluding steroid dienone is 5. The minimum Gasteiger partial charge on any atom is -0.388 e. The summed E-state index contributed by atoms with van der Waals surface area (Å²) in [5.41, 5.74) is 20.2. The van der Waals surface area contributed by atoms with Crippen LogP contribution >= 0.6 is 0 Å². The van der Waals surface area contributed by atoms with Gasteiger partial charge in [0.25, 0.3) is 0 Å². The van der Waals surface area contributed by atoms with Crippen LogP contribution in [0.2, 0.25) is 0 Å². The summed E-state index contributed by atoms with van der Waals surface area (Å²) in [7, 11) is 3.25. The van der Waals surface area contributed by atoms with Crippen LogP contribution in [0.5, 0.6) is 0 Å². The number of aryl methyl sites for hydroxylation is 1. The maximum Gasteiger partial charge on any atom is 0.0351 e. The fraction of sp³-hybridized carbons (Fsp3) is 0.186. The molecule has 0 aliphatic carbocycles. The number of hydrogen-bond acceptors (Lipinski definition) is 1. The lowest BCUT2D eigenvalue weighted by Crippen LogP contribution is -1.92. The second kappa shape index (κ2) is 24.0. The molecular formula is C59H64O. The van der Waals surface area contributed by atoms with E-state index in [1.807, 2.05) is 27.7 Å². The van der Waals surface area contributed by atoms with Gasteiger partial charge in [0, 0.05) is 14.2 Å². The molecule has 7 aromatic rings. The second-order valence-corrected chi connectivity index (χ2v) is 14.3. The number of rotatable bonds is 10. The van der Waals surface area contributed by atoms with Crippen molar-refractivity contribution in [2.75, 3.05) is 14.2 Å². The minimum absolute atomic E-state index is 0.986. The molecular weight excluding hydrogens is 725 g/mol. The van der Waals surface area contributed by atoms with Crippen molar-refractivity contribution in [3.63, 3.8) is 0 Å². The monoisotopic (exact) mass is 788 g/mol. The minimum atomic E-state index is 0.986. The van der Waals surface area contributed by atoms with Gasteiger partial charge < -0.3 is 4.74 Å². The Morgan fingerprint density at radius 3 is 1.23 bits per heavy atom. The van der Waals surface area contributed by atoms with Crippen molar-refractivity contribution in [1.29, 1.82) is 0 Å². The Bertz CT molecular complexity index is 2480. The van der Waals surface area contributed by atoms with Crippen molar-refractivity contribution in [3.8, 4) is 66.8 Å². The number of ether oxygens (including phenoxy) is 1. The molecule has 0 unspecified atom stereocenters. The van der Waals surface area contributed by atoms with Crippen LogP contribution in [0.4, 0.5) is 0 Å². The Hall–Kier alpha value is -6.28. The number of benzene rings is 7. The molecule has 306 valence electrons. The first-order valence-electron chi connectivity index (χ1n) is 21.4. The summed E-state index contributed by atoms with van der Waals surface area (Å²) in [5, 5.41) is 0. The van der Waals surface area contributed by atoms with Crippen LogP contribution in [-0.2, 0) is 4.74 Å². The number of methoxy groups -OCH3 is 1. The highest BCUT2D eigenvalue weighted by Crippen LogP contribution is 2.39. The first-order chi connectivity index (χ1) is 29.3. The zero-order chi connectivity index (χ0) is 43.4. The van der Waals surface area contributed by atoms with E-state index >= 15 is 0 Å². The van der Waals surface area contributed by atoms with Gasteiger partial charge >= 0.3 is 0 Å². The molecule has 0 saturated carbocycles. The summed E-state index contributed by atoms with van der Waals surface area (Å²) in [4.78, 5) is 0. The van der Waals surface area contributed by atoms with Gasteiger partial charge in [0.2, 0.25) is 0 Å². The zero-order valence-corrected chi connectivity index (χ0v) is 37.6. The van der Waals surface area contributed by atoms with Crippen LogP contribution in [0.25, 0.3) is 77.9 Å². The molecule has 60 heavy (non-hydrogen) atoms. The standard InChI is InChI=1S/C53H46.C2H6O.2C2H6/c1-6-8-18-39(7-2)45-28-49(44-25-16-23-42(27-44)37(3)4)35-50(29-45)52-32-47(41-21-13-10-14-22-41)33-53(36-52)51-31-46(40-19-11-9-12-20-40)30-48(34-51)43-24-15-17-38(5)26-43;1-3-2;2*1-2/h7-36H,3,6H2,1-2,4-5H3;1-2H3;2*1-2H3/b18-8-,39-7+;;;. The van der Waals surface area contributed by atoms with E-state index in [0.717, 1.165) is 17.6 Å². The summed E-state index contributed by atoms with van der Waals surface area (Å²) in [5.74, 6) is 0. The van der Waals surface area contributed by atoms with Crippen molar-refractivity contribution in [2.45, 2.75) is 61.8 Å². The third-order valence-corrected chi connectivity index (χ3v) is 9.90. The first-order valence-corrected chi connectivity index (χ1v) is 21.4. The molecule has 0 atom stereocenters. The van der Waals surface area contributed by atoms with Crippen LogP contribution in [0.3, 0.4) is 0 Å². The molecule has 0 radical (unpaired) electrons. The maximum atomic E-state index is 4.25. The second-order valence-electron chi connectivity index (χ2n) is 14.3. The van der Waals surface area contributed by atoms with Crippen LogP contribution in [0.15, 0.2) is 189 Å². The highest BCUT2D eigenvalue weighted by atomic mass is 16.4. The zero-order valence-electron chi connectivity index (χ0n) is 37.6. The topological polar surface area (TPSA) is 9.23 Å². The van der Waals surface area contributed by atoms with Crippen LogP contribution in [0, 0.1) is 6.92 Å². The summed E-state index contributed by atoms with van der Waals surface area (Å²) in [6.07, 6.45) is 7.69. The average Bonchev–Trinajstić information content (AvgIpc) is 3.31. The predicted octanol–water partition coefficient (Wildman–Crippen LogP) is 17.7. The summed E-state index contributed by atoms with van der Waals surface area (Å²) >= 11 is 0. The molecule has 0 saturated heterocycles. The maximum absolute atomic E-state index is 4.25. The van der Waals surface area contributed by atoms with Gasteiger partial charge in [-0.2, -0.15) is 0 Å². The third kappa shape index (κ3) is 12.4. The molecule has 1 nitrogen and oxygen atoms in total. The predicted molar refractivity (Wildman–Crippen MR) is 267 cm³/mol. The highest BCUT2D eigenvalue weighted by molar-refractivity contribution is 5.89. The quantitative estimate of drug-likeness (QED) is 0.125. The molecule has 0 aliphatic heterocycles. The summed E-state index contributed by atoms with van der Waals surface area (Å²) in [6.45, 7) is 20.8. The Kier molecular flexibility index (Phi) is 18.5. The van der Waals surface area contributed by atoms with Gasteiger partial charge in [0.1, 0.15) is 0 Å². The van der Waals surface area contributed by atoms with Gasteiger partial charge in [0.15, 0.2) is 0 Å². The van der Waals surface area contributed by atoms with E-state index in [4.69, 9.17) is 0 Å². The Morgan fingerprint density at radius 1 is 0.467 bits per heavy atom. The molecule has 1 heteroatoms. The van der Waals surface area contributed by atoms with Gasteiger partial charge in [-0.3, -0.25) is 0 Å². The largest absolute Gasteiger partial charge is 0.388 e. The Morgan fingerprint density at radius 2 is 0.817 bits per heavy atom. The van der Waals surface area contributed by atoms with Crippen molar-refractivity contribution >= 4 is 11.1 Å². The lowest BCUT2D eigenvalue weighted by Gasteiger charge is -2.16. The lowest BCUT2D eigenvalue weighted by molar-refractivity contribution is 0.277. The summed E-state index contributed by atoms with van der Waals surface area (Å²) in [6, 6.07) is 60.2. The Labute approximate surface area is 362 Å². The molecule has 0 spiro atoms. The van der Waals surface area contributed by atoms with Crippen molar-refractivity contribution < 1.29 is 4.74 Å². The van der Waals surface area contributed by atoms with Crippen molar-refractivity contribution in [2.24, 2.45) is 0 Å². The smallest absolute Gasteiger partial charge is 0.0351 e. The van der Waals surface area contributed by atoms with Crippen LogP contribution < -0.4 is 0 Å². The van der Waals surface area contributed by atoms with Crippen molar-refractivity contribution in [3.05, 3.63) is 205 Å². The lowest BCUT2D eigenvalue weighted by atomic mass is 9.88. The molecule has 7 aromatic carbocycles. The molecule has 0 aromatic heterocycles. The fourth-order valence-corrected chi connectivity index (χ4v) is 7.04. The molecule has 0 bridgehead atoms. The van der Waals surface area contributed by atoms with Crippen LogP contribution in [0.1, 0.15) is 71.6 Å². The Balaban J connectivity index is 0.00000107. The fourth-order valence-electron chi connectivity index (χ4n) is 7.04. The molecule has 0 heterocycles. The highest BCUT2D eigenvalue weighted by Gasteiger charge is 2.14. The molecule has 7 rings (SSSR count). The van der Waals surface area contributed by atoms with Gasteiger partial charge in [-0.15, -0.1) is 0 Å². The van der Waals surface area contributed by atoms with E-state index in [2.05, 4.69) is 221 Å².